The molecule has 0 atom stereocenters. The van der Waals surface area contributed by atoms with Crippen LogP contribution in [0, 0.1) is 0 Å². The molecule has 0 radical (unpaired) electrons. The standard InChI is InChI=1S/C20H23N3O2/c1-3-8-20(24)21-13-19-22-16-10-5-6-11-17(16)23(19)14-15-9-4-7-12-18(15)25-2/h4-7,9-12H,3,8,13-14H2,1-2H3,(H,21,24). The predicted octanol–water partition coefficient (Wildman–Crippen LogP) is 3.51. The van der Waals surface area contributed by atoms with Crippen LogP contribution in [0.4, 0.5) is 0 Å². The molecular formula is C20H23N3O2. The monoisotopic (exact) mass is 337 g/mol. The Balaban J connectivity index is 1.94. The first-order valence-electron chi connectivity index (χ1n) is 8.55. The quantitative estimate of drug-likeness (QED) is 0.718. The summed E-state index contributed by atoms with van der Waals surface area (Å²) < 4.78 is 7.61. The zero-order valence-electron chi connectivity index (χ0n) is 14.7. The normalized spacial score (nSPS) is 10.8. The van der Waals surface area contributed by atoms with E-state index >= 15 is 0 Å². The van der Waals surface area contributed by atoms with Gasteiger partial charge >= 0.3 is 0 Å². The molecule has 1 amide bonds. The van der Waals surface area contributed by atoms with Gasteiger partial charge in [-0.25, -0.2) is 4.98 Å². The van der Waals surface area contributed by atoms with Crippen LogP contribution in [-0.4, -0.2) is 22.6 Å². The summed E-state index contributed by atoms with van der Waals surface area (Å²) in [6.07, 6.45) is 1.37. The highest BCUT2D eigenvalue weighted by Gasteiger charge is 2.13. The second kappa shape index (κ2) is 7.83. The number of carbonyl (C=O) groups excluding carboxylic acids is 1. The summed E-state index contributed by atoms with van der Waals surface area (Å²) in [5, 5.41) is 2.96. The van der Waals surface area contributed by atoms with E-state index in [1.54, 1.807) is 7.11 Å². The Morgan fingerprint density at radius 1 is 1.16 bits per heavy atom. The van der Waals surface area contributed by atoms with Gasteiger partial charge in [0.25, 0.3) is 0 Å². The van der Waals surface area contributed by atoms with Crippen LogP contribution < -0.4 is 10.1 Å². The molecule has 1 aromatic heterocycles. The first-order valence-corrected chi connectivity index (χ1v) is 8.55. The summed E-state index contributed by atoms with van der Waals surface area (Å²) in [6.45, 7) is 3.06. The van der Waals surface area contributed by atoms with Gasteiger partial charge in [-0.15, -0.1) is 0 Å². The van der Waals surface area contributed by atoms with E-state index in [0.717, 1.165) is 34.6 Å². The highest BCUT2D eigenvalue weighted by Crippen LogP contribution is 2.23. The number of para-hydroxylation sites is 3. The van der Waals surface area contributed by atoms with E-state index in [-0.39, 0.29) is 5.91 Å². The fourth-order valence-electron chi connectivity index (χ4n) is 2.93. The second-order valence-electron chi connectivity index (χ2n) is 5.94. The van der Waals surface area contributed by atoms with Gasteiger partial charge < -0.3 is 14.6 Å². The first kappa shape index (κ1) is 17.0. The molecule has 0 saturated carbocycles. The molecule has 0 spiro atoms. The van der Waals surface area contributed by atoms with Crippen molar-refractivity contribution in [3.63, 3.8) is 0 Å². The van der Waals surface area contributed by atoms with E-state index in [4.69, 9.17) is 9.72 Å². The molecular weight excluding hydrogens is 314 g/mol. The van der Waals surface area contributed by atoms with Crippen LogP contribution in [0.15, 0.2) is 48.5 Å². The van der Waals surface area contributed by atoms with Gasteiger partial charge in [-0.1, -0.05) is 37.3 Å². The van der Waals surface area contributed by atoms with E-state index < -0.39 is 0 Å². The zero-order chi connectivity index (χ0) is 17.6. The molecule has 0 unspecified atom stereocenters. The Morgan fingerprint density at radius 2 is 1.92 bits per heavy atom. The lowest BCUT2D eigenvalue weighted by atomic mass is 10.2. The number of imidazole rings is 1. The molecule has 1 heterocycles. The lowest BCUT2D eigenvalue weighted by molar-refractivity contribution is -0.121. The lowest BCUT2D eigenvalue weighted by Gasteiger charge is -2.13. The number of rotatable bonds is 7. The average Bonchev–Trinajstić information content (AvgIpc) is 2.98. The van der Waals surface area contributed by atoms with Crippen LogP contribution in [0.3, 0.4) is 0 Å². The van der Waals surface area contributed by atoms with Crippen molar-refractivity contribution >= 4 is 16.9 Å². The van der Waals surface area contributed by atoms with E-state index in [0.29, 0.717) is 19.5 Å². The zero-order valence-corrected chi connectivity index (χ0v) is 14.7. The van der Waals surface area contributed by atoms with Crippen molar-refractivity contribution in [3.8, 4) is 5.75 Å². The smallest absolute Gasteiger partial charge is 0.220 e. The molecule has 0 saturated heterocycles. The second-order valence-corrected chi connectivity index (χ2v) is 5.94. The van der Waals surface area contributed by atoms with Crippen molar-refractivity contribution in [1.82, 2.24) is 14.9 Å². The number of nitrogens with zero attached hydrogens (tertiary/aromatic N) is 2. The van der Waals surface area contributed by atoms with Gasteiger partial charge in [0.1, 0.15) is 11.6 Å². The molecule has 25 heavy (non-hydrogen) atoms. The minimum Gasteiger partial charge on any atom is -0.496 e. The van der Waals surface area contributed by atoms with Gasteiger partial charge in [-0.05, 0) is 24.6 Å². The molecule has 0 aliphatic heterocycles. The number of nitrogens with one attached hydrogen (secondary N) is 1. The highest BCUT2D eigenvalue weighted by molar-refractivity contribution is 5.77. The predicted molar refractivity (Wildman–Crippen MR) is 98.6 cm³/mol. The lowest BCUT2D eigenvalue weighted by Crippen LogP contribution is -2.24. The Bertz CT molecular complexity index is 870. The van der Waals surface area contributed by atoms with Crippen molar-refractivity contribution in [3.05, 3.63) is 59.9 Å². The number of fused-ring (bicyclic) bond motifs is 1. The topological polar surface area (TPSA) is 56.2 Å². The van der Waals surface area contributed by atoms with Crippen LogP contribution in [0.1, 0.15) is 31.2 Å². The van der Waals surface area contributed by atoms with Gasteiger partial charge in [0.15, 0.2) is 0 Å². The molecule has 0 fully saturated rings. The Kier molecular flexibility index (Phi) is 5.33. The maximum absolute atomic E-state index is 11.8. The summed E-state index contributed by atoms with van der Waals surface area (Å²) in [6, 6.07) is 16.0. The summed E-state index contributed by atoms with van der Waals surface area (Å²) in [5.41, 5.74) is 3.06. The largest absolute Gasteiger partial charge is 0.496 e. The van der Waals surface area contributed by atoms with Gasteiger partial charge in [-0.2, -0.15) is 0 Å². The molecule has 3 aromatic rings. The molecule has 0 aliphatic carbocycles. The van der Waals surface area contributed by atoms with E-state index in [2.05, 4.69) is 16.0 Å². The molecule has 1 N–H and O–H groups in total. The molecule has 5 nitrogen and oxygen atoms in total. The highest BCUT2D eigenvalue weighted by atomic mass is 16.5. The van der Waals surface area contributed by atoms with Crippen molar-refractivity contribution in [2.24, 2.45) is 0 Å². The van der Waals surface area contributed by atoms with Crippen LogP contribution >= 0.6 is 0 Å². The Morgan fingerprint density at radius 3 is 2.72 bits per heavy atom. The van der Waals surface area contributed by atoms with Crippen molar-refractivity contribution in [2.75, 3.05) is 7.11 Å². The first-order chi connectivity index (χ1) is 12.2. The van der Waals surface area contributed by atoms with Gasteiger partial charge in [-0.3, -0.25) is 4.79 Å². The number of benzene rings is 2. The maximum Gasteiger partial charge on any atom is 0.220 e. The van der Waals surface area contributed by atoms with E-state index in [9.17, 15) is 4.79 Å². The molecule has 2 aromatic carbocycles. The number of ether oxygens (including phenoxy) is 1. The minimum atomic E-state index is 0.0541. The number of methoxy groups -OCH3 is 1. The molecule has 3 rings (SSSR count). The Hall–Kier alpha value is -2.82. The summed E-state index contributed by atoms with van der Waals surface area (Å²) in [7, 11) is 1.68. The number of carbonyl (C=O) groups is 1. The number of hydrogen-bond acceptors (Lipinski definition) is 3. The third-order valence-electron chi connectivity index (χ3n) is 4.18. The summed E-state index contributed by atoms with van der Waals surface area (Å²) in [4.78, 5) is 16.5. The molecule has 0 bridgehead atoms. The van der Waals surface area contributed by atoms with Gasteiger partial charge in [0, 0.05) is 12.0 Å². The number of amides is 1. The van der Waals surface area contributed by atoms with Crippen LogP contribution in [0.2, 0.25) is 0 Å². The van der Waals surface area contributed by atoms with Crippen molar-refractivity contribution in [1.29, 1.82) is 0 Å². The minimum absolute atomic E-state index is 0.0541. The third kappa shape index (κ3) is 3.82. The SMILES string of the molecule is CCCC(=O)NCc1nc2ccccc2n1Cc1ccccc1OC. The fraction of sp³-hybridized carbons (Fsp3) is 0.300. The maximum atomic E-state index is 11.8. The number of aromatic nitrogens is 2. The van der Waals surface area contributed by atoms with Crippen molar-refractivity contribution in [2.45, 2.75) is 32.9 Å². The van der Waals surface area contributed by atoms with Crippen LogP contribution in [0.5, 0.6) is 5.75 Å². The molecule has 130 valence electrons. The van der Waals surface area contributed by atoms with Crippen molar-refractivity contribution < 1.29 is 9.53 Å². The average molecular weight is 337 g/mol. The Labute approximate surface area is 147 Å². The summed E-state index contributed by atoms with van der Waals surface area (Å²) in [5.74, 6) is 1.75. The molecule has 5 heteroatoms. The van der Waals surface area contributed by atoms with Crippen LogP contribution in [0.25, 0.3) is 11.0 Å². The molecule has 0 aliphatic rings. The summed E-state index contributed by atoms with van der Waals surface area (Å²) >= 11 is 0. The third-order valence-corrected chi connectivity index (χ3v) is 4.18. The van der Waals surface area contributed by atoms with E-state index in [1.807, 2.05) is 49.4 Å². The van der Waals surface area contributed by atoms with Gasteiger partial charge in [0.05, 0.1) is 31.2 Å². The van der Waals surface area contributed by atoms with Crippen LogP contribution in [-0.2, 0) is 17.9 Å². The fourth-order valence-corrected chi connectivity index (χ4v) is 2.93. The van der Waals surface area contributed by atoms with Gasteiger partial charge in [0.2, 0.25) is 5.91 Å². The number of hydrogen-bond donors (Lipinski definition) is 1. The van der Waals surface area contributed by atoms with E-state index in [1.165, 1.54) is 0 Å².